The maximum Gasteiger partial charge on any atom is 0.324 e. The summed E-state index contributed by atoms with van der Waals surface area (Å²) in [6.07, 6.45) is 2.40. The van der Waals surface area contributed by atoms with Crippen LogP contribution in [0, 0.1) is 5.41 Å². The molecule has 0 spiro atoms. The molecule has 0 saturated carbocycles. The molecule has 0 fully saturated rings. The van der Waals surface area contributed by atoms with Crippen LogP contribution in [0.1, 0.15) is 60.3 Å². The highest BCUT2D eigenvalue weighted by atomic mass is 16.4. The zero-order chi connectivity index (χ0) is 16.6. The van der Waals surface area contributed by atoms with Crippen molar-refractivity contribution >= 4 is 17.9 Å². The van der Waals surface area contributed by atoms with E-state index in [1.54, 1.807) is 4.90 Å². The van der Waals surface area contributed by atoms with Gasteiger partial charge in [-0.25, -0.2) is 4.79 Å². The van der Waals surface area contributed by atoms with E-state index in [0.717, 1.165) is 19.3 Å². The Morgan fingerprint density at radius 1 is 1.24 bits per heavy atom. The molecule has 21 heavy (non-hydrogen) atoms. The molecule has 2 N–H and O–H groups in total. The van der Waals surface area contributed by atoms with Gasteiger partial charge < -0.3 is 10.0 Å². The van der Waals surface area contributed by atoms with Gasteiger partial charge in [-0.1, -0.05) is 20.3 Å². The fourth-order valence-electron chi connectivity index (χ4n) is 1.78. The third-order valence-corrected chi connectivity index (χ3v) is 3.56. The number of amides is 3. The van der Waals surface area contributed by atoms with Crippen molar-refractivity contribution in [3.8, 4) is 0 Å². The molecular weight excluding hydrogens is 272 g/mol. The number of rotatable bonds is 8. The van der Waals surface area contributed by atoms with Gasteiger partial charge in [0.05, 0.1) is 5.41 Å². The number of urea groups is 1. The second kappa shape index (κ2) is 8.64. The molecule has 0 bridgehead atoms. The molecule has 1 atom stereocenters. The lowest BCUT2D eigenvalue weighted by Gasteiger charge is -2.29. The summed E-state index contributed by atoms with van der Waals surface area (Å²) in [6, 6.07) is -0.402. The number of carboxylic acids is 1. The molecule has 0 radical (unpaired) electrons. The van der Waals surface area contributed by atoms with Crippen LogP contribution in [0.4, 0.5) is 4.79 Å². The van der Waals surface area contributed by atoms with Crippen LogP contribution < -0.4 is 5.32 Å². The zero-order valence-corrected chi connectivity index (χ0v) is 13.7. The van der Waals surface area contributed by atoms with Crippen LogP contribution in [-0.4, -0.2) is 40.5 Å². The van der Waals surface area contributed by atoms with E-state index < -0.39 is 23.3 Å². The van der Waals surface area contributed by atoms with E-state index in [9.17, 15) is 14.4 Å². The van der Waals surface area contributed by atoms with E-state index in [4.69, 9.17) is 5.11 Å². The second-order valence-electron chi connectivity index (χ2n) is 6.02. The summed E-state index contributed by atoms with van der Waals surface area (Å²) in [5.74, 6) is -1.62. The molecule has 0 aliphatic heterocycles. The number of nitrogens with one attached hydrogen (secondary N) is 1. The zero-order valence-electron chi connectivity index (χ0n) is 13.7. The number of carbonyl (C=O) groups is 3. The van der Waals surface area contributed by atoms with Gasteiger partial charge in [0.1, 0.15) is 0 Å². The van der Waals surface area contributed by atoms with E-state index in [1.165, 1.54) is 13.8 Å². The highest BCUT2D eigenvalue weighted by Crippen LogP contribution is 2.20. The molecule has 6 heteroatoms. The first-order chi connectivity index (χ1) is 9.65. The van der Waals surface area contributed by atoms with Crippen molar-refractivity contribution in [3.63, 3.8) is 0 Å². The Bertz CT molecular complexity index is 380. The molecule has 0 rings (SSSR count). The Labute approximate surface area is 126 Å². The lowest BCUT2D eigenvalue weighted by Crippen LogP contribution is -2.48. The number of imide groups is 1. The summed E-state index contributed by atoms with van der Waals surface area (Å²) in [5.41, 5.74) is -1.19. The monoisotopic (exact) mass is 300 g/mol. The SMILES string of the molecule is CCCCN(C(=O)NC(=O)CC(C)(C)C(=O)O)C(C)CC. The molecule has 0 heterocycles. The fraction of sp³-hybridized carbons (Fsp3) is 0.800. The topological polar surface area (TPSA) is 86.7 Å². The maximum absolute atomic E-state index is 12.2. The van der Waals surface area contributed by atoms with Crippen molar-refractivity contribution in [2.75, 3.05) is 6.54 Å². The summed E-state index contributed by atoms with van der Waals surface area (Å²) < 4.78 is 0. The number of carboxylic acid groups (broad SMARTS) is 1. The molecule has 0 aromatic heterocycles. The summed E-state index contributed by atoms with van der Waals surface area (Å²) in [4.78, 5) is 36.6. The summed E-state index contributed by atoms with van der Waals surface area (Å²) in [5, 5.41) is 11.3. The van der Waals surface area contributed by atoms with Crippen molar-refractivity contribution < 1.29 is 19.5 Å². The normalized spacial score (nSPS) is 12.6. The molecule has 122 valence electrons. The number of carbonyl (C=O) groups excluding carboxylic acids is 2. The molecular formula is C15H28N2O4. The summed E-state index contributed by atoms with van der Waals surface area (Å²) in [7, 11) is 0. The maximum atomic E-state index is 12.2. The van der Waals surface area contributed by atoms with Gasteiger partial charge >= 0.3 is 12.0 Å². The van der Waals surface area contributed by atoms with Gasteiger partial charge in [0.15, 0.2) is 0 Å². The third-order valence-electron chi connectivity index (χ3n) is 3.56. The van der Waals surface area contributed by atoms with Crippen LogP contribution >= 0.6 is 0 Å². The van der Waals surface area contributed by atoms with Crippen LogP contribution in [0.5, 0.6) is 0 Å². The summed E-state index contributed by atoms with van der Waals surface area (Å²) in [6.45, 7) is 9.46. The molecule has 0 aromatic carbocycles. The van der Waals surface area contributed by atoms with Crippen LogP contribution in [0.2, 0.25) is 0 Å². The largest absolute Gasteiger partial charge is 0.481 e. The minimum Gasteiger partial charge on any atom is -0.481 e. The molecule has 0 aromatic rings. The van der Waals surface area contributed by atoms with Gasteiger partial charge in [0.25, 0.3) is 0 Å². The Hall–Kier alpha value is -1.59. The molecule has 0 aliphatic rings. The molecule has 1 unspecified atom stereocenters. The number of hydrogen-bond donors (Lipinski definition) is 2. The lowest BCUT2D eigenvalue weighted by molar-refractivity contribution is -0.149. The molecule has 6 nitrogen and oxygen atoms in total. The first kappa shape index (κ1) is 19.4. The quantitative estimate of drug-likeness (QED) is 0.721. The Balaban J connectivity index is 4.67. The van der Waals surface area contributed by atoms with Crippen LogP contribution in [-0.2, 0) is 9.59 Å². The second-order valence-corrected chi connectivity index (χ2v) is 6.02. The van der Waals surface area contributed by atoms with Crippen LogP contribution in [0.3, 0.4) is 0 Å². The van der Waals surface area contributed by atoms with E-state index in [2.05, 4.69) is 5.32 Å². The first-order valence-corrected chi connectivity index (χ1v) is 7.49. The van der Waals surface area contributed by atoms with E-state index in [-0.39, 0.29) is 12.5 Å². The third kappa shape index (κ3) is 6.60. The van der Waals surface area contributed by atoms with Gasteiger partial charge in [0, 0.05) is 19.0 Å². The Morgan fingerprint density at radius 2 is 1.81 bits per heavy atom. The highest BCUT2D eigenvalue weighted by Gasteiger charge is 2.31. The van der Waals surface area contributed by atoms with Gasteiger partial charge in [-0.15, -0.1) is 0 Å². The van der Waals surface area contributed by atoms with Crippen LogP contribution in [0.25, 0.3) is 0 Å². The van der Waals surface area contributed by atoms with Gasteiger partial charge in [0.2, 0.25) is 5.91 Å². The van der Waals surface area contributed by atoms with Crippen molar-refractivity contribution in [1.29, 1.82) is 0 Å². The van der Waals surface area contributed by atoms with E-state index in [0.29, 0.717) is 6.54 Å². The fourth-order valence-corrected chi connectivity index (χ4v) is 1.78. The summed E-state index contributed by atoms with van der Waals surface area (Å²) >= 11 is 0. The standard InChI is InChI=1S/C15H28N2O4/c1-6-8-9-17(11(3)7-2)14(21)16-12(18)10-15(4,5)13(19)20/h11H,6-10H2,1-5H3,(H,19,20)(H,16,18,21). The van der Waals surface area contributed by atoms with Crippen molar-refractivity contribution in [3.05, 3.63) is 0 Å². The first-order valence-electron chi connectivity index (χ1n) is 7.49. The Morgan fingerprint density at radius 3 is 2.24 bits per heavy atom. The predicted octanol–water partition coefficient (Wildman–Crippen LogP) is 2.62. The number of nitrogens with zero attached hydrogens (tertiary/aromatic N) is 1. The molecule has 3 amide bonds. The minimum absolute atomic E-state index is 0.0387. The Kier molecular flexibility index (Phi) is 7.99. The van der Waals surface area contributed by atoms with Gasteiger partial charge in [-0.2, -0.15) is 0 Å². The lowest BCUT2D eigenvalue weighted by atomic mass is 9.89. The van der Waals surface area contributed by atoms with Crippen molar-refractivity contribution in [2.24, 2.45) is 5.41 Å². The average Bonchev–Trinajstić information content (AvgIpc) is 2.37. The molecule has 0 aliphatic carbocycles. The number of unbranched alkanes of at least 4 members (excludes halogenated alkanes) is 1. The minimum atomic E-state index is -1.19. The molecule has 0 saturated heterocycles. The average molecular weight is 300 g/mol. The predicted molar refractivity (Wildman–Crippen MR) is 80.9 cm³/mol. The van der Waals surface area contributed by atoms with E-state index in [1.807, 2.05) is 20.8 Å². The van der Waals surface area contributed by atoms with Crippen molar-refractivity contribution in [2.45, 2.75) is 66.3 Å². The van der Waals surface area contributed by atoms with Crippen molar-refractivity contribution in [1.82, 2.24) is 10.2 Å². The van der Waals surface area contributed by atoms with Gasteiger partial charge in [-0.3, -0.25) is 14.9 Å². The number of hydrogen-bond acceptors (Lipinski definition) is 3. The smallest absolute Gasteiger partial charge is 0.324 e. The van der Waals surface area contributed by atoms with E-state index >= 15 is 0 Å². The number of aliphatic carboxylic acids is 1. The van der Waals surface area contributed by atoms with Gasteiger partial charge in [-0.05, 0) is 33.6 Å². The highest BCUT2D eigenvalue weighted by molar-refractivity contribution is 5.96. The van der Waals surface area contributed by atoms with Crippen LogP contribution in [0.15, 0.2) is 0 Å².